The summed E-state index contributed by atoms with van der Waals surface area (Å²) in [5.74, 6) is -0.479. The molecule has 0 aliphatic rings. The second-order valence-electron chi connectivity index (χ2n) is 7.70. The van der Waals surface area contributed by atoms with Crippen LogP contribution in [0.4, 0.5) is 11.4 Å². The predicted octanol–water partition coefficient (Wildman–Crippen LogP) is 3.18. The second kappa shape index (κ2) is 9.99. The molecule has 0 saturated heterocycles. The fourth-order valence-electron chi connectivity index (χ4n) is 3.42. The molecule has 1 N–H and O–H groups in total. The number of anilines is 2. The first-order valence-electron chi connectivity index (χ1n) is 10.7. The molecule has 0 saturated carbocycles. The van der Waals surface area contributed by atoms with E-state index in [2.05, 4.69) is 29.2 Å². The minimum Gasteiger partial charge on any atom is -0.372 e. The first-order chi connectivity index (χ1) is 15.6. The van der Waals surface area contributed by atoms with E-state index >= 15 is 0 Å². The van der Waals surface area contributed by atoms with E-state index in [1.807, 2.05) is 32.0 Å². The Morgan fingerprint density at radius 2 is 1.67 bits per heavy atom. The summed E-state index contributed by atoms with van der Waals surface area (Å²) >= 11 is 0. The van der Waals surface area contributed by atoms with Gasteiger partial charge in [-0.2, -0.15) is 5.10 Å². The van der Waals surface area contributed by atoms with Crippen LogP contribution in [0.25, 0.3) is 0 Å². The number of benzene rings is 2. The van der Waals surface area contributed by atoms with Gasteiger partial charge in [-0.15, -0.1) is 0 Å². The number of carbonyl (C=O) groups is 1. The van der Waals surface area contributed by atoms with Crippen molar-refractivity contribution in [1.29, 1.82) is 0 Å². The zero-order valence-corrected chi connectivity index (χ0v) is 20.0. The molecule has 3 aromatic rings. The van der Waals surface area contributed by atoms with E-state index in [0.717, 1.165) is 46.7 Å². The van der Waals surface area contributed by atoms with E-state index in [0.29, 0.717) is 5.69 Å². The van der Waals surface area contributed by atoms with Gasteiger partial charge in [0, 0.05) is 30.5 Å². The van der Waals surface area contributed by atoms with Crippen LogP contribution in [0, 0.1) is 13.8 Å². The molecule has 0 aliphatic heterocycles. The van der Waals surface area contributed by atoms with Crippen molar-refractivity contribution in [3.05, 3.63) is 76.1 Å². The van der Waals surface area contributed by atoms with Crippen LogP contribution in [0.15, 0.2) is 69.3 Å². The summed E-state index contributed by atoms with van der Waals surface area (Å²) in [7, 11) is -3.92. The highest BCUT2D eigenvalue weighted by Gasteiger charge is 2.21. The molecule has 0 radical (unpaired) electrons. The van der Waals surface area contributed by atoms with Gasteiger partial charge in [0.05, 0.1) is 4.90 Å². The minimum absolute atomic E-state index is 0.0687. The standard InChI is InChI=1S/C24H28N4O4S/c1-5-27(6-2)19-9-12-21(18(4)15-19)25-22(29)16-28-24(30)14-13-23(26-28)33(31,32)20-10-7-17(3)8-11-20/h7-15H,5-6,16H2,1-4H3,(H,25,29). The van der Waals surface area contributed by atoms with Gasteiger partial charge in [0.2, 0.25) is 15.7 Å². The molecule has 0 unspecified atom stereocenters. The number of nitrogens with zero attached hydrogens (tertiary/aromatic N) is 3. The minimum atomic E-state index is -3.92. The fraction of sp³-hybridized carbons (Fsp3) is 0.292. The van der Waals surface area contributed by atoms with Crippen LogP contribution < -0.4 is 15.8 Å². The van der Waals surface area contributed by atoms with Crippen LogP contribution in [0.3, 0.4) is 0 Å². The molecule has 33 heavy (non-hydrogen) atoms. The molecule has 3 rings (SSSR count). The lowest BCUT2D eigenvalue weighted by Crippen LogP contribution is -2.30. The van der Waals surface area contributed by atoms with Crippen molar-refractivity contribution in [2.24, 2.45) is 0 Å². The van der Waals surface area contributed by atoms with Gasteiger partial charge < -0.3 is 10.2 Å². The number of aryl methyl sites for hydroxylation is 2. The molecule has 174 valence electrons. The predicted molar refractivity (Wildman–Crippen MR) is 128 cm³/mol. The maximum atomic E-state index is 12.9. The molecule has 0 fully saturated rings. The van der Waals surface area contributed by atoms with Crippen molar-refractivity contribution < 1.29 is 13.2 Å². The van der Waals surface area contributed by atoms with Crippen LogP contribution >= 0.6 is 0 Å². The smallest absolute Gasteiger partial charge is 0.267 e. The Balaban J connectivity index is 1.81. The van der Waals surface area contributed by atoms with Gasteiger partial charge >= 0.3 is 0 Å². The third-order valence-electron chi connectivity index (χ3n) is 5.35. The number of hydrogen-bond acceptors (Lipinski definition) is 6. The highest BCUT2D eigenvalue weighted by atomic mass is 32.2. The average molecular weight is 469 g/mol. The molecule has 0 spiro atoms. The molecule has 0 bridgehead atoms. The van der Waals surface area contributed by atoms with Gasteiger partial charge in [-0.3, -0.25) is 9.59 Å². The Morgan fingerprint density at radius 1 is 1.00 bits per heavy atom. The summed E-state index contributed by atoms with van der Waals surface area (Å²) in [6.07, 6.45) is 0. The average Bonchev–Trinajstić information content (AvgIpc) is 2.78. The number of sulfone groups is 1. The molecule has 0 atom stereocenters. The second-order valence-corrected chi connectivity index (χ2v) is 9.60. The SMILES string of the molecule is CCN(CC)c1ccc(NC(=O)Cn2nc(S(=O)(=O)c3ccc(C)cc3)ccc2=O)c(C)c1. The number of amides is 1. The summed E-state index contributed by atoms with van der Waals surface area (Å²) in [6.45, 7) is 9.23. The summed E-state index contributed by atoms with van der Waals surface area (Å²) in [4.78, 5) is 27.1. The van der Waals surface area contributed by atoms with Crippen LogP contribution in [0.2, 0.25) is 0 Å². The van der Waals surface area contributed by atoms with E-state index in [9.17, 15) is 18.0 Å². The highest BCUT2D eigenvalue weighted by Crippen LogP contribution is 2.23. The number of nitrogens with one attached hydrogen (secondary N) is 1. The van der Waals surface area contributed by atoms with Gasteiger partial charge in [-0.1, -0.05) is 17.7 Å². The lowest BCUT2D eigenvalue weighted by molar-refractivity contribution is -0.117. The molecule has 1 aromatic heterocycles. The molecule has 1 heterocycles. The first-order valence-corrected chi connectivity index (χ1v) is 12.2. The van der Waals surface area contributed by atoms with Crippen molar-refractivity contribution in [3.63, 3.8) is 0 Å². The summed E-state index contributed by atoms with van der Waals surface area (Å²) < 4.78 is 26.6. The van der Waals surface area contributed by atoms with Crippen LogP contribution in [-0.2, 0) is 21.2 Å². The van der Waals surface area contributed by atoms with E-state index in [1.54, 1.807) is 12.1 Å². The first kappa shape index (κ1) is 24.2. The molecule has 9 heteroatoms. The molecule has 8 nitrogen and oxygen atoms in total. The molecular formula is C24H28N4O4S. The Labute approximate surface area is 193 Å². The molecule has 1 amide bonds. The lowest BCUT2D eigenvalue weighted by Gasteiger charge is -2.22. The number of hydrogen-bond donors (Lipinski definition) is 1. The number of rotatable bonds is 8. The molecular weight excluding hydrogens is 440 g/mol. The van der Waals surface area contributed by atoms with Gasteiger partial charge in [0.25, 0.3) is 5.56 Å². The zero-order chi connectivity index (χ0) is 24.2. The van der Waals surface area contributed by atoms with Crippen LogP contribution in [0.5, 0.6) is 0 Å². The van der Waals surface area contributed by atoms with Crippen molar-refractivity contribution in [1.82, 2.24) is 9.78 Å². The van der Waals surface area contributed by atoms with E-state index in [-0.39, 0.29) is 9.92 Å². The molecule has 2 aromatic carbocycles. The Morgan fingerprint density at radius 3 is 2.27 bits per heavy atom. The van der Waals surface area contributed by atoms with Crippen molar-refractivity contribution in [2.45, 2.75) is 44.2 Å². The van der Waals surface area contributed by atoms with Crippen LogP contribution in [-0.4, -0.2) is 37.2 Å². The Kier molecular flexibility index (Phi) is 7.33. The zero-order valence-electron chi connectivity index (χ0n) is 19.2. The number of aromatic nitrogens is 2. The summed E-state index contributed by atoms with van der Waals surface area (Å²) in [5.41, 5.74) is 2.91. The van der Waals surface area contributed by atoms with Crippen molar-refractivity contribution >= 4 is 27.1 Å². The van der Waals surface area contributed by atoms with Crippen LogP contribution in [0.1, 0.15) is 25.0 Å². The van der Waals surface area contributed by atoms with Gasteiger partial charge in [0.1, 0.15) is 6.54 Å². The van der Waals surface area contributed by atoms with E-state index in [1.165, 1.54) is 12.1 Å². The van der Waals surface area contributed by atoms with Crippen molar-refractivity contribution in [2.75, 3.05) is 23.3 Å². The van der Waals surface area contributed by atoms with E-state index < -0.39 is 27.8 Å². The normalized spacial score (nSPS) is 11.3. The molecule has 0 aliphatic carbocycles. The van der Waals surface area contributed by atoms with Crippen molar-refractivity contribution in [3.8, 4) is 0 Å². The quantitative estimate of drug-likeness (QED) is 0.545. The highest BCUT2D eigenvalue weighted by molar-refractivity contribution is 7.91. The van der Waals surface area contributed by atoms with Gasteiger partial charge in [-0.05, 0) is 69.7 Å². The third-order valence-corrected chi connectivity index (χ3v) is 7.02. The fourth-order valence-corrected chi connectivity index (χ4v) is 4.61. The summed E-state index contributed by atoms with van der Waals surface area (Å²) in [5, 5.41) is 6.44. The topological polar surface area (TPSA) is 101 Å². The number of carbonyl (C=O) groups excluding carboxylic acids is 1. The summed E-state index contributed by atoms with van der Waals surface area (Å²) in [6, 6.07) is 14.3. The van der Waals surface area contributed by atoms with Gasteiger partial charge in [-0.25, -0.2) is 13.1 Å². The van der Waals surface area contributed by atoms with E-state index in [4.69, 9.17) is 0 Å². The Hall–Kier alpha value is -3.46. The third kappa shape index (κ3) is 5.48. The monoisotopic (exact) mass is 468 g/mol. The maximum Gasteiger partial charge on any atom is 0.267 e. The largest absolute Gasteiger partial charge is 0.372 e. The Bertz CT molecular complexity index is 1310. The lowest BCUT2D eigenvalue weighted by atomic mass is 10.1. The van der Waals surface area contributed by atoms with Gasteiger partial charge in [0.15, 0.2) is 5.03 Å². The maximum absolute atomic E-state index is 12.9.